The Morgan fingerprint density at radius 3 is 2.81 bits per heavy atom. The summed E-state index contributed by atoms with van der Waals surface area (Å²) in [5.41, 5.74) is -0.350. The zero-order valence-corrected chi connectivity index (χ0v) is 10.4. The molecule has 0 aromatic rings. The summed E-state index contributed by atoms with van der Waals surface area (Å²) in [6.07, 6.45) is 3.91. The molecular weight excluding hydrogens is 204 g/mol. The first-order chi connectivity index (χ1) is 7.64. The van der Waals surface area contributed by atoms with Crippen molar-refractivity contribution in [3.05, 3.63) is 0 Å². The molecule has 2 atom stereocenters. The van der Waals surface area contributed by atoms with Gasteiger partial charge in [-0.3, -0.25) is 4.79 Å². The molecule has 0 aromatic heterocycles. The molecule has 1 amide bonds. The van der Waals surface area contributed by atoms with Crippen molar-refractivity contribution in [3.8, 4) is 0 Å². The topological polar surface area (TPSA) is 61.4 Å². The van der Waals surface area contributed by atoms with Crippen LogP contribution in [0.4, 0.5) is 0 Å². The van der Waals surface area contributed by atoms with Crippen LogP contribution in [0.3, 0.4) is 0 Å². The second-order valence-corrected chi connectivity index (χ2v) is 4.57. The number of rotatable bonds is 6. The van der Waals surface area contributed by atoms with Gasteiger partial charge in [0.2, 0.25) is 5.91 Å². The SMILES string of the molecule is CCC(O)CCNC(=O)C1(CC)CCCN1. The third-order valence-corrected chi connectivity index (χ3v) is 3.52. The number of hydrogen-bond donors (Lipinski definition) is 3. The molecule has 16 heavy (non-hydrogen) atoms. The summed E-state index contributed by atoms with van der Waals surface area (Å²) < 4.78 is 0. The van der Waals surface area contributed by atoms with E-state index in [9.17, 15) is 9.90 Å². The third-order valence-electron chi connectivity index (χ3n) is 3.52. The summed E-state index contributed by atoms with van der Waals surface area (Å²) in [5, 5.41) is 15.6. The fraction of sp³-hybridized carbons (Fsp3) is 0.917. The van der Waals surface area contributed by atoms with Gasteiger partial charge in [-0.25, -0.2) is 0 Å². The first-order valence-corrected chi connectivity index (χ1v) is 6.36. The maximum atomic E-state index is 12.0. The molecule has 1 aliphatic rings. The Morgan fingerprint density at radius 2 is 2.31 bits per heavy atom. The lowest BCUT2D eigenvalue weighted by molar-refractivity contribution is -0.127. The Hall–Kier alpha value is -0.610. The third kappa shape index (κ3) is 3.19. The molecule has 1 aliphatic heterocycles. The second kappa shape index (κ2) is 6.21. The van der Waals surface area contributed by atoms with Gasteiger partial charge in [0.05, 0.1) is 11.6 Å². The van der Waals surface area contributed by atoms with Crippen LogP contribution >= 0.6 is 0 Å². The number of hydrogen-bond acceptors (Lipinski definition) is 3. The molecule has 0 saturated carbocycles. The lowest BCUT2D eigenvalue weighted by atomic mass is 9.93. The Labute approximate surface area is 97.8 Å². The largest absolute Gasteiger partial charge is 0.393 e. The highest BCUT2D eigenvalue weighted by atomic mass is 16.3. The van der Waals surface area contributed by atoms with Crippen LogP contribution < -0.4 is 10.6 Å². The molecule has 4 heteroatoms. The second-order valence-electron chi connectivity index (χ2n) is 4.57. The monoisotopic (exact) mass is 228 g/mol. The minimum Gasteiger partial charge on any atom is -0.393 e. The molecule has 0 spiro atoms. The van der Waals surface area contributed by atoms with E-state index in [4.69, 9.17) is 0 Å². The molecule has 0 radical (unpaired) electrons. The molecule has 3 N–H and O–H groups in total. The predicted molar refractivity (Wildman–Crippen MR) is 64.2 cm³/mol. The molecule has 94 valence electrons. The number of nitrogens with one attached hydrogen (secondary N) is 2. The van der Waals surface area contributed by atoms with Crippen molar-refractivity contribution < 1.29 is 9.90 Å². The molecule has 0 bridgehead atoms. The molecule has 1 rings (SSSR count). The highest BCUT2D eigenvalue weighted by Crippen LogP contribution is 2.22. The molecule has 4 nitrogen and oxygen atoms in total. The van der Waals surface area contributed by atoms with E-state index in [1.54, 1.807) is 0 Å². The van der Waals surface area contributed by atoms with Gasteiger partial charge in [0, 0.05) is 6.54 Å². The zero-order valence-electron chi connectivity index (χ0n) is 10.4. The van der Waals surface area contributed by atoms with Crippen LogP contribution in [0.25, 0.3) is 0 Å². The summed E-state index contributed by atoms with van der Waals surface area (Å²) in [7, 11) is 0. The maximum Gasteiger partial charge on any atom is 0.240 e. The van der Waals surface area contributed by atoms with Crippen LogP contribution in [0.5, 0.6) is 0 Å². The van der Waals surface area contributed by atoms with Gasteiger partial charge in [-0.2, -0.15) is 0 Å². The normalized spacial score (nSPS) is 26.7. The van der Waals surface area contributed by atoms with Crippen molar-refractivity contribution in [1.82, 2.24) is 10.6 Å². The summed E-state index contributed by atoms with van der Waals surface area (Å²) >= 11 is 0. The van der Waals surface area contributed by atoms with Gasteiger partial charge in [0.25, 0.3) is 0 Å². The smallest absolute Gasteiger partial charge is 0.240 e. The number of aliphatic hydroxyl groups excluding tert-OH is 1. The highest BCUT2D eigenvalue weighted by Gasteiger charge is 2.38. The fourth-order valence-corrected chi connectivity index (χ4v) is 2.19. The van der Waals surface area contributed by atoms with Crippen LogP contribution in [0, 0.1) is 0 Å². The van der Waals surface area contributed by atoms with Crippen LogP contribution in [0.15, 0.2) is 0 Å². The standard InChI is InChI=1S/C12H24N2O2/c1-3-10(15)6-9-13-11(16)12(4-2)7-5-8-14-12/h10,14-15H,3-9H2,1-2H3,(H,13,16). The average molecular weight is 228 g/mol. The number of carbonyl (C=O) groups is 1. The Kier molecular flexibility index (Phi) is 5.22. The van der Waals surface area contributed by atoms with E-state index in [0.29, 0.717) is 13.0 Å². The lowest BCUT2D eigenvalue weighted by Gasteiger charge is -2.26. The molecule has 1 fully saturated rings. The summed E-state index contributed by atoms with van der Waals surface area (Å²) in [5.74, 6) is 0.0933. The van der Waals surface area contributed by atoms with Gasteiger partial charge in [0.1, 0.15) is 0 Å². The fourth-order valence-electron chi connectivity index (χ4n) is 2.19. The minimum atomic E-state index is -0.350. The van der Waals surface area contributed by atoms with Crippen LogP contribution in [0.2, 0.25) is 0 Å². The number of amides is 1. The molecule has 1 heterocycles. The Bertz CT molecular complexity index is 225. The van der Waals surface area contributed by atoms with Gasteiger partial charge in [0.15, 0.2) is 0 Å². The van der Waals surface area contributed by atoms with Crippen molar-refractivity contribution in [2.45, 2.75) is 57.6 Å². The maximum absolute atomic E-state index is 12.0. The zero-order chi connectivity index (χ0) is 12.0. The summed E-state index contributed by atoms with van der Waals surface area (Å²) in [6, 6.07) is 0. The first kappa shape index (κ1) is 13.5. The number of aliphatic hydroxyl groups is 1. The minimum absolute atomic E-state index is 0.0933. The van der Waals surface area contributed by atoms with E-state index in [-0.39, 0.29) is 17.6 Å². The van der Waals surface area contributed by atoms with Crippen molar-refractivity contribution in [2.75, 3.05) is 13.1 Å². The van der Waals surface area contributed by atoms with E-state index in [1.807, 2.05) is 13.8 Å². The molecule has 0 aromatic carbocycles. The van der Waals surface area contributed by atoms with E-state index >= 15 is 0 Å². The van der Waals surface area contributed by atoms with Gasteiger partial charge in [-0.05, 0) is 38.6 Å². The van der Waals surface area contributed by atoms with Crippen molar-refractivity contribution in [2.24, 2.45) is 0 Å². The van der Waals surface area contributed by atoms with E-state index in [2.05, 4.69) is 10.6 Å². The number of carbonyl (C=O) groups excluding carboxylic acids is 1. The van der Waals surface area contributed by atoms with Gasteiger partial charge in [-0.15, -0.1) is 0 Å². The molecule has 0 aliphatic carbocycles. The van der Waals surface area contributed by atoms with Gasteiger partial charge >= 0.3 is 0 Å². The van der Waals surface area contributed by atoms with Crippen molar-refractivity contribution in [3.63, 3.8) is 0 Å². The quantitative estimate of drug-likeness (QED) is 0.630. The van der Waals surface area contributed by atoms with E-state index < -0.39 is 0 Å². The van der Waals surface area contributed by atoms with Crippen LogP contribution in [0.1, 0.15) is 46.0 Å². The van der Waals surface area contributed by atoms with Gasteiger partial charge in [-0.1, -0.05) is 13.8 Å². The van der Waals surface area contributed by atoms with Crippen molar-refractivity contribution in [1.29, 1.82) is 0 Å². The van der Waals surface area contributed by atoms with Crippen LogP contribution in [-0.4, -0.2) is 35.7 Å². The lowest BCUT2D eigenvalue weighted by Crippen LogP contribution is -2.53. The Morgan fingerprint density at radius 1 is 1.56 bits per heavy atom. The highest BCUT2D eigenvalue weighted by molar-refractivity contribution is 5.86. The van der Waals surface area contributed by atoms with Crippen molar-refractivity contribution >= 4 is 5.91 Å². The van der Waals surface area contributed by atoms with Crippen LogP contribution in [-0.2, 0) is 4.79 Å². The first-order valence-electron chi connectivity index (χ1n) is 6.36. The predicted octanol–water partition coefficient (Wildman–Crippen LogP) is 0.796. The van der Waals surface area contributed by atoms with E-state index in [1.165, 1.54) is 0 Å². The molecule has 2 unspecified atom stereocenters. The Balaban J connectivity index is 2.33. The van der Waals surface area contributed by atoms with Gasteiger partial charge < -0.3 is 15.7 Å². The summed E-state index contributed by atoms with van der Waals surface area (Å²) in [4.78, 5) is 12.0. The average Bonchev–Trinajstić information content (AvgIpc) is 2.78. The summed E-state index contributed by atoms with van der Waals surface area (Å²) in [6.45, 7) is 5.48. The molecule has 1 saturated heterocycles. The van der Waals surface area contributed by atoms with E-state index in [0.717, 1.165) is 32.2 Å². The molecular formula is C12H24N2O2.